The highest BCUT2D eigenvalue weighted by atomic mass is 16.5. The van der Waals surface area contributed by atoms with Gasteiger partial charge in [0.05, 0.1) is 14.2 Å². The molecule has 5 amide bonds. The van der Waals surface area contributed by atoms with Gasteiger partial charge < -0.3 is 14.8 Å². The molecule has 9 heteroatoms. The first-order valence-electron chi connectivity index (χ1n) is 10.0. The minimum absolute atomic E-state index is 0.137. The molecule has 1 saturated heterocycles. The molecule has 30 heavy (non-hydrogen) atoms. The Morgan fingerprint density at radius 3 is 2.43 bits per heavy atom. The van der Waals surface area contributed by atoms with Gasteiger partial charge in [-0.05, 0) is 36.5 Å². The highest BCUT2D eigenvalue weighted by molar-refractivity contribution is 6.45. The molecule has 1 aromatic rings. The van der Waals surface area contributed by atoms with Crippen molar-refractivity contribution in [1.29, 1.82) is 0 Å². The van der Waals surface area contributed by atoms with E-state index in [-0.39, 0.29) is 18.5 Å². The van der Waals surface area contributed by atoms with Crippen LogP contribution >= 0.6 is 0 Å². The van der Waals surface area contributed by atoms with Gasteiger partial charge in [-0.1, -0.05) is 25.8 Å². The van der Waals surface area contributed by atoms with Gasteiger partial charge in [0.25, 0.3) is 0 Å². The third-order valence-corrected chi connectivity index (χ3v) is 5.72. The van der Waals surface area contributed by atoms with Crippen LogP contribution in [0.15, 0.2) is 18.2 Å². The summed E-state index contributed by atoms with van der Waals surface area (Å²) in [4.78, 5) is 51.6. The van der Waals surface area contributed by atoms with Crippen molar-refractivity contribution in [3.63, 3.8) is 0 Å². The monoisotopic (exact) mass is 417 g/mol. The number of imide groups is 2. The number of methoxy groups -OCH3 is 2. The average molecular weight is 417 g/mol. The van der Waals surface area contributed by atoms with E-state index in [1.165, 1.54) is 14.2 Å². The zero-order valence-corrected chi connectivity index (χ0v) is 17.5. The molecule has 0 spiro atoms. The van der Waals surface area contributed by atoms with Crippen LogP contribution in [-0.2, 0) is 20.9 Å². The second kappa shape index (κ2) is 9.15. The third-order valence-electron chi connectivity index (χ3n) is 5.72. The SMILES string of the molecule is COc1ccc(CNC(=O)CN2C(=O)C(=O)N([C@H]3CCCC[C@H]3C)C2=O)cc1OC. The van der Waals surface area contributed by atoms with E-state index >= 15 is 0 Å². The highest BCUT2D eigenvalue weighted by Gasteiger charge is 2.49. The number of urea groups is 1. The summed E-state index contributed by atoms with van der Waals surface area (Å²) >= 11 is 0. The van der Waals surface area contributed by atoms with Crippen LogP contribution in [0.2, 0.25) is 0 Å². The minimum Gasteiger partial charge on any atom is -0.493 e. The lowest BCUT2D eigenvalue weighted by Gasteiger charge is -2.34. The Kier molecular flexibility index (Phi) is 6.59. The number of amides is 5. The summed E-state index contributed by atoms with van der Waals surface area (Å²) in [7, 11) is 3.04. The van der Waals surface area contributed by atoms with Gasteiger partial charge in [-0.2, -0.15) is 0 Å². The molecule has 0 unspecified atom stereocenters. The standard InChI is InChI=1S/C21H27N3O6/c1-13-6-4-5-7-15(13)24-20(27)19(26)23(21(24)28)12-18(25)22-11-14-8-9-16(29-2)17(10-14)30-3/h8-10,13,15H,4-7,11-12H2,1-3H3,(H,22,25)/t13-,15+/m1/s1. The van der Waals surface area contributed by atoms with Gasteiger partial charge in [0, 0.05) is 12.6 Å². The van der Waals surface area contributed by atoms with E-state index in [4.69, 9.17) is 9.47 Å². The molecule has 9 nitrogen and oxygen atoms in total. The van der Waals surface area contributed by atoms with Crippen LogP contribution in [0.1, 0.15) is 38.2 Å². The first-order chi connectivity index (χ1) is 14.4. The zero-order chi connectivity index (χ0) is 21.8. The van der Waals surface area contributed by atoms with E-state index in [9.17, 15) is 19.2 Å². The molecule has 0 radical (unpaired) electrons. The molecule has 1 aliphatic heterocycles. The predicted molar refractivity (Wildman–Crippen MR) is 107 cm³/mol. The van der Waals surface area contributed by atoms with E-state index in [0.717, 1.165) is 34.6 Å². The van der Waals surface area contributed by atoms with E-state index in [2.05, 4.69) is 5.32 Å². The van der Waals surface area contributed by atoms with Crippen molar-refractivity contribution in [3.8, 4) is 11.5 Å². The summed E-state index contributed by atoms with van der Waals surface area (Å²) in [5.74, 6) is -1.09. The van der Waals surface area contributed by atoms with Crippen molar-refractivity contribution < 1.29 is 28.7 Å². The van der Waals surface area contributed by atoms with Gasteiger partial charge in [-0.15, -0.1) is 0 Å². The first kappa shape index (κ1) is 21.6. The van der Waals surface area contributed by atoms with Gasteiger partial charge in [0.15, 0.2) is 11.5 Å². The van der Waals surface area contributed by atoms with Crippen LogP contribution in [0, 0.1) is 5.92 Å². The van der Waals surface area contributed by atoms with Crippen molar-refractivity contribution in [3.05, 3.63) is 23.8 Å². The normalized spacial score (nSPS) is 21.8. The smallest absolute Gasteiger partial charge is 0.334 e. The lowest BCUT2D eigenvalue weighted by atomic mass is 9.85. The van der Waals surface area contributed by atoms with E-state index in [1.807, 2.05) is 6.92 Å². The first-order valence-corrected chi connectivity index (χ1v) is 10.0. The number of nitrogens with one attached hydrogen (secondary N) is 1. The van der Waals surface area contributed by atoms with Gasteiger partial charge in [-0.3, -0.25) is 19.3 Å². The molecular weight excluding hydrogens is 390 g/mol. The number of ether oxygens (including phenoxy) is 2. The zero-order valence-electron chi connectivity index (χ0n) is 17.5. The fourth-order valence-corrected chi connectivity index (χ4v) is 4.03. The predicted octanol–water partition coefficient (Wildman–Crippen LogP) is 1.69. The Balaban J connectivity index is 1.61. The van der Waals surface area contributed by atoms with E-state index in [1.54, 1.807) is 18.2 Å². The van der Waals surface area contributed by atoms with Gasteiger partial charge in [0.1, 0.15) is 6.54 Å². The number of hydrogen-bond donors (Lipinski definition) is 1. The Bertz CT molecular complexity index is 855. The maximum absolute atomic E-state index is 12.7. The Morgan fingerprint density at radius 1 is 1.07 bits per heavy atom. The van der Waals surface area contributed by atoms with Crippen molar-refractivity contribution in [1.82, 2.24) is 15.1 Å². The van der Waals surface area contributed by atoms with Gasteiger partial charge >= 0.3 is 17.8 Å². The maximum atomic E-state index is 12.7. The molecule has 1 aromatic carbocycles. The quantitative estimate of drug-likeness (QED) is 0.535. The van der Waals surface area contributed by atoms with Crippen molar-refractivity contribution in [2.45, 2.75) is 45.2 Å². The lowest BCUT2D eigenvalue weighted by Crippen LogP contribution is -2.47. The molecule has 1 N–H and O–H groups in total. The van der Waals surface area contributed by atoms with Crippen LogP contribution < -0.4 is 14.8 Å². The van der Waals surface area contributed by atoms with E-state index < -0.39 is 30.3 Å². The molecule has 0 bridgehead atoms. The van der Waals surface area contributed by atoms with Gasteiger partial charge in [0.2, 0.25) is 5.91 Å². The summed E-state index contributed by atoms with van der Waals surface area (Å²) in [6, 6.07) is 4.22. The fourth-order valence-electron chi connectivity index (χ4n) is 4.03. The molecule has 2 aliphatic rings. The number of rotatable bonds is 7. The number of hydrogen-bond acceptors (Lipinski definition) is 6. The van der Waals surface area contributed by atoms with Crippen LogP contribution in [0.4, 0.5) is 4.79 Å². The molecule has 1 heterocycles. The van der Waals surface area contributed by atoms with Crippen LogP contribution in [0.3, 0.4) is 0 Å². The second-order valence-electron chi connectivity index (χ2n) is 7.64. The molecule has 3 rings (SSSR count). The summed E-state index contributed by atoms with van der Waals surface area (Å²) in [6.07, 6.45) is 3.54. The molecule has 1 saturated carbocycles. The summed E-state index contributed by atoms with van der Waals surface area (Å²) in [5, 5.41) is 2.66. The average Bonchev–Trinajstić information content (AvgIpc) is 2.95. The van der Waals surface area contributed by atoms with Crippen LogP contribution in [0.5, 0.6) is 11.5 Å². The number of carbonyl (C=O) groups excluding carboxylic acids is 4. The topological polar surface area (TPSA) is 105 Å². The summed E-state index contributed by atoms with van der Waals surface area (Å²) in [6.45, 7) is 1.66. The van der Waals surface area contributed by atoms with E-state index in [0.29, 0.717) is 17.9 Å². The third kappa shape index (κ3) is 4.24. The van der Waals surface area contributed by atoms with Crippen LogP contribution in [-0.4, -0.2) is 60.4 Å². The molecular formula is C21H27N3O6. The fraction of sp³-hybridized carbons (Fsp3) is 0.524. The minimum atomic E-state index is -0.945. The molecule has 162 valence electrons. The molecule has 1 aliphatic carbocycles. The molecule has 2 atom stereocenters. The van der Waals surface area contributed by atoms with Crippen molar-refractivity contribution in [2.24, 2.45) is 5.92 Å². The number of carbonyl (C=O) groups is 4. The Hall–Kier alpha value is -3.10. The maximum Gasteiger partial charge on any atom is 0.334 e. The van der Waals surface area contributed by atoms with Gasteiger partial charge in [-0.25, -0.2) is 9.69 Å². The van der Waals surface area contributed by atoms with Crippen molar-refractivity contribution in [2.75, 3.05) is 20.8 Å². The summed E-state index contributed by atoms with van der Waals surface area (Å²) < 4.78 is 10.4. The lowest BCUT2D eigenvalue weighted by molar-refractivity contribution is -0.145. The molecule has 0 aromatic heterocycles. The number of nitrogens with zero attached hydrogens (tertiary/aromatic N) is 2. The van der Waals surface area contributed by atoms with Crippen molar-refractivity contribution >= 4 is 23.8 Å². The Morgan fingerprint density at radius 2 is 1.77 bits per heavy atom. The second-order valence-corrected chi connectivity index (χ2v) is 7.64. The molecule has 2 fully saturated rings. The highest BCUT2D eigenvalue weighted by Crippen LogP contribution is 2.31. The largest absolute Gasteiger partial charge is 0.493 e. The number of benzene rings is 1. The summed E-state index contributed by atoms with van der Waals surface area (Å²) in [5.41, 5.74) is 0.758. The Labute approximate surface area is 175 Å². The van der Waals surface area contributed by atoms with Crippen LogP contribution in [0.25, 0.3) is 0 Å².